The number of rotatable bonds is 9. The minimum Gasteiger partial charge on any atom is -0.481 e. The van der Waals surface area contributed by atoms with E-state index in [0.29, 0.717) is 23.6 Å². The predicted octanol–water partition coefficient (Wildman–Crippen LogP) is 4.38. The molecule has 1 aromatic heterocycles. The van der Waals surface area contributed by atoms with Gasteiger partial charge >= 0.3 is 5.97 Å². The molecule has 0 spiro atoms. The van der Waals surface area contributed by atoms with E-state index in [1.165, 1.54) is 51.4 Å². The maximum atomic E-state index is 14.3. The molecule has 1 amide bonds. The molecule has 2 aliphatic carbocycles. The van der Waals surface area contributed by atoms with Crippen molar-refractivity contribution in [3.8, 4) is 0 Å². The summed E-state index contributed by atoms with van der Waals surface area (Å²) in [5, 5.41) is 13.3. The van der Waals surface area contributed by atoms with E-state index in [1.807, 2.05) is 28.8 Å². The molecule has 42 heavy (non-hydrogen) atoms. The fourth-order valence-electron chi connectivity index (χ4n) is 8.62. The Balaban J connectivity index is 1.34. The first-order valence-corrected chi connectivity index (χ1v) is 15.9. The van der Waals surface area contributed by atoms with Crippen LogP contribution in [0.4, 0.5) is 0 Å². The molecule has 4 fully saturated rings. The van der Waals surface area contributed by atoms with Crippen LogP contribution < -0.4 is 11.3 Å². The molecule has 226 valence electrons. The molecule has 2 aromatic rings. The summed E-state index contributed by atoms with van der Waals surface area (Å²) in [4.78, 5) is 49.5. The van der Waals surface area contributed by atoms with Gasteiger partial charge in [-0.2, -0.15) is 0 Å². The summed E-state index contributed by atoms with van der Waals surface area (Å²) in [7, 11) is 0. The zero-order chi connectivity index (χ0) is 29.2. The van der Waals surface area contributed by atoms with Gasteiger partial charge in [-0.05, 0) is 68.9 Å². The summed E-state index contributed by atoms with van der Waals surface area (Å²) >= 11 is 0. The number of fused-ring (bicyclic) bond motifs is 5. The lowest BCUT2D eigenvalue weighted by Gasteiger charge is -2.54. The molecular formula is C32H43N5O5. The van der Waals surface area contributed by atoms with Crippen molar-refractivity contribution in [2.45, 2.75) is 114 Å². The van der Waals surface area contributed by atoms with Crippen LogP contribution in [0.2, 0.25) is 0 Å². The lowest BCUT2D eigenvalue weighted by molar-refractivity contribution is -0.136. The minimum atomic E-state index is -1.03. The predicted molar refractivity (Wildman–Crippen MR) is 159 cm³/mol. The van der Waals surface area contributed by atoms with Crippen molar-refractivity contribution in [1.29, 1.82) is 0 Å². The van der Waals surface area contributed by atoms with Crippen molar-refractivity contribution in [2.75, 3.05) is 6.61 Å². The average Bonchev–Trinajstić information content (AvgIpc) is 3.12. The number of benzene rings is 1. The standard InChI is InChI=1S/C32H43N5O5/c33-29(38)19-42-35-27(12-13-30(39)40)31-32(41)37(28-11-4-3-10-26(28)34-31)25-17-22-8-5-9-23(18-25)36(22)24-15-20-6-1-2-7-21(14-20)16-24/h3-4,10-11,20-25H,1-2,5-9,12-19H2,(H2,33,38)(H,39,40)/b35-27+/t20-,21+,22-,23+,24?,25+. The smallest absolute Gasteiger partial charge is 0.303 e. The van der Waals surface area contributed by atoms with E-state index in [-0.39, 0.29) is 35.8 Å². The number of carbonyl (C=O) groups is 2. The van der Waals surface area contributed by atoms with E-state index in [9.17, 15) is 19.5 Å². The molecule has 3 N–H and O–H groups in total. The van der Waals surface area contributed by atoms with Gasteiger partial charge in [-0.3, -0.25) is 19.3 Å². The summed E-state index contributed by atoms with van der Waals surface area (Å²) in [6.07, 6.45) is 14.7. The second-order valence-electron chi connectivity index (χ2n) is 13.0. The Morgan fingerprint density at radius 3 is 2.26 bits per heavy atom. The number of amides is 1. The minimum absolute atomic E-state index is 0.00818. The number of carboxylic acid groups (broad SMARTS) is 1. The molecule has 2 saturated carbocycles. The lowest BCUT2D eigenvalue weighted by atomic mass is 9.73. The van der Waals surface area contributed by atoms with Crippen LogP contribution in [0.15, 0.2) is 34.2 Å². The van der Waals surface area contributed by atoms with E-state index >= 15 is 0 Å². The van der Waals surface area contributed by atoms with E-state index in [4.69, 9.17) is 10.6 Å². The summed E-state index contributed by atoms with van der Waals surface area (Å²) in [5.41, 5.74) is 6.52. The van der Waals surface area contributed by atoms with Crippen molar-refractivity contribution in [2.24, 2.45) is 22.7 Å². The van der Waals surface area contributed by atoms with Gasteiger partial charge in [0.1, 0.15) is 5.71 Å². The van der Waals surface area contributed by atoms with Crippen molar-refractivity contribution < 1.29 is 19.5 Å². The van der Waals surface area contributed by atoms with Gasteiger partial charge in [-0.15, -0.1) is 0 Å². The van der Waals surface area contributed by atoms with Gasteiger partial charge in [-0.25, -0.2) is 4.98 Å². The van der Waals surface area contributed by atoms with Crippen LogP contribution in [-0.2, 0) is 14.4 Å². The monoisotopic (exact) mass is 577 g/mol. The third kappa shape index (κ3) is 6.09. The largest absolute Gasteiger partial charge is 0.481 e. The number of para-hydroxylation sites is 2. The highest BCUT2D eigenvalue weighted by molar-refractivity contribution is 6.00. The molecule has 2 saturated heterocycles. The number of hydrogen-bond acceptors (Lipinski definition) is 7. The van der Waals surface area contributed by atoms with Crippen molar-refractivity contribution >= 4 is 28.6 Å². The second kappa shape index (κ2) is 12.5. The summed E-state index contributed by atoms with van der Waals surface area (Å²) in [6.45, 7) is -0.469. The molecule has 6 atom stereocenters. The Hall–Kier alpha value is -3.27. The molecule has 4 aliphatic rings. The van der Waals surface area contributed by atoms with Crippen LogP contribution in [0, 0.1) is 11.8 Å². The zero-order valence-electron chi connectivity index (χ0n) is 24.3. The third-order valence-corrected chi connectivity index (χ3v) is 10.2. The van der Waals surface area contributed by atoms with Crippen molar-refractivity contribution in [3.05, 3.63) is 40.3 Å². The van der Waals surface area contributed by atoms with Gasteiger partial charge in [0, 0.05) is 30.6 Å². The van der Waals surface area contributed by atoms with Crippen LogP contribution in [-0.4, -0.2) is 61.9 Å². The number of aromatic nitrogens is 2. The van der Waals surface area contributed by atoms with E-state index in [2.05, 4.69) is 15.0 Å². The number of oxime groups is 1. The number of primary amides is 1. The SMILES string of the molecule is NC(=O)CO/N=C(\CCC(=O)O)c1nc2ccccc2n([C@H]2C[C@H]3CCC[C@@H](C2)N3C2C[C@H]3CCCC[C@@H](C2)C3)c1=O. The first kappa shape index (κ1) is 28.8. The molecule has 3 heterocycles. The van der Waals surface area contributed by atoms with Gasteiger partial charge in [0.2, 0.25) is 0 Å². The Morgan fingerprint density at radius 1 is 0.905 bits per heavy atom. The maximum Gasteiger partial charge on any atom is 0.303 e. The van der Waals surface area contributed by atoms with Gasteiger partial charge in [0.15, 0.2) is 12.3 Å². The van der Waals surface area contributed by atoms with E-state index in [1.54, 1.807) is 0 Å². The van der Waals surface area contributed by atoms with E-state index < -0.39 is 18.5 Å². The Bertz CT molecular complexity index is 1380. The van der Waals surface area contributed by atoms with Crippen LogP contribution in [0.1, 0.15) is 102 Å². The third-order valence-electron chi connectivity index (χ3n) is 10.2. The number of carboxylic acids is 1. The summed E-state index contributed by atoms with van der Waals surface area (Å²) < 4.78 is 1.89. The summed E-state index contributed by atoms with van der Waals surface area (Å²) in [5.74, 6) is -0.00849. The van der Waals surface area contributed by atoms with E-state index in [0.717, 1.165) is 43.0 Å². The van der Waals surface area contributed by atoms with Crippen LogP contribution in [0.5, 0.6) is 0 Å². The van der Waals surface area contributed by atoms with Crippen LogP contribution in [0.25, 0.3) is 11.0 Å². The number of carbonyl (C=O) groups excluding carboxylic acids is 1. The molecule has 0 radical (unpaired) electrons. The quantitative estimate of drug-likeness (QED) is 0.333. The van der Waals surface area contributed by atoms with Crippen molar-refractivity contribution in [1.82, 2.24) is 14.5 Å². The fourth-order valence-corrected chi connectivity index (χ4v) is 8.62. The number of nitrogens with zero attached hydrogens (tertiary/aromatic N) is 4. The normalized spacial score (nSPS) is 30.0. The summed E-state index contributed by atoms with van der Waals surface area (Å²) in [6, 6.07) is 9.19. The lowest BCUT2D eigenvalue weighted by Crippen LogP contribution is -2.58. The van der Waals surface area contributed by atoms with Gasteiger partial charge in [0.25, 0.3) is 11.5 Å². The highest BCUT2D eigenvalue weighted by atomic mass is 16.6. The Kier molecular flexibility index (Phi) is 8.60. The fraction of sp³-hybridized carbons (Fsp3) is 0.656. The molecule has 1 unspecified atom stereocenters. The number of aliphatic carboxylic acids is 1. The average molecular weight is 578 g/mol. The van der Waals surface area contributed by atoms with Crippen LogP contribution in [0.3, 0.4) is 0 Å². The van der Waals surface area contributed by atoms with Gasteiger partial charge in [-0.1, -0.05) is 49.4 Å². The first-order chi connectivity index (χ1) is 20.4. The van der Waals surface area contributed by atoms with Crippen molar-refractivity contribution in [3.63, 3.8) is 0 Å². The number of hydrogen-bond donors (Lipinski definition) is 2. The highest BCUT2D eigenvalue weighted by Crippen LogP contribution is 2.47. The number of piperidine rings is 2. The van der Waals surface area contributed by atoms with Gasteiger partial charge < -0.3 is 20.2 Å². The molecule has 6 rings (SSSR count). The maximum absolute atomic E-state index is 14.3. The molecule has 10 nitrogen and oxygen atoms in total. The molecule has 2 aliphatic heterocycles. The molecule has 1 aromatic carbocycles. The first-order valence-electron chi connectivity index (χ1n) is 15.9. The molecule has 4 bridgehead atoms. The number of nitrogens with two attached hydrogens (primary N) is 1. The second-order valence-corrected chi connectivity index (χ2v) is 13.0. The zero-order valence-corrected chi connectivity index (χ0v) is 24.3. The highest BCUT2D eigenvalue weighted by Gasteiger charge is 2.45. The van der Waals surface area contributed by atoms with Gasteiger partial charge in [0.05, 0.1) is 17.5 Å². The molecule has 10 heteroatoms. The Morgan fingerprint density at radius 2 is 1.60 bits per heavy atom. The molecular weight excluding hydrogens is 534 g/mol. The van der Waals surface area contributed by atoms with Crippen LogP contribution >= 0.6 is 0 Å². The topological polar surface area (TPSA) is 140 Å². The Labute approximate surface area is 246 Å².